The number of rotatable bonds is 2. The summed E-state index contributed by atoms with van der Waals surface area (Å²) in [6.07, 6.45) is 3.98. The van der Waals surface area contributed by atoms with Gasteiger partial charge in [0.15, 0.2) is 0 Å². The van der Waals surface area contributed by atoms with Crippen molar-refractivity contribution in [3.05, 3.63) is 71.4 Å². The van der Waals surface area contributed by atoms with Gasteiger partial charge in [0, 0.05) is 23.5 Å². The Kier molecular flexibility index (Phi) is 3.72. The van der Waals surface area contributed by atoms with E-state index in [1.54, 1.807) is 4.90 Å². The van der Waals surface area contributed by atoms with Gasteiger partial charge in [-0.15, -0.1) is 0 Å². The number of amides is 1. The highest BCUT2D eigenvalue weighted by atomic mass is 19.1. The van der Waals surface area contributed by atoms with Crippen LogP contribution >= 0.6 is 0 Å². The van der Waals surface area contributed by atoms with Gasteiger partial charge in [-0.05, 0) is 57.2 Å². The molecular weight excluding hydrogens is 331 g/mol. The van der Waals surface area contributed by atoms with Crippen molar-refractivity contribution in [3.8, 4) is 5.82 Å². The van der Waals surface area contributed by atoms with Gasteiger partial charge in [0.1, 0.15) is 11.6 Å². The van der Waals surface area contributed by atoms with Gasteiger partial charge in [-0.3, -0.25) is 4.79 Å². The molecule has 0 aliphatic carbocycles. The lowest BCUT2D eigenvalue weighted by molar-refractivity contribution is 0.0748. The van der Waals surface area contributed by atoms with E-state index in [4.69, 9.17) is 5.10 Å². The van der Waals surface area contributed by atoms with E-state index in [1.807, 2.05) is 33.8 Å². The van der Waals surface area contributed by atoms with E-state index in [0.717, 1.165) is 17.1 Å². The van der Waals surface area contributed by atoms with E-state index in [2.05, 4.69) is 20.8 Å². The minimum Gasteiger partial charge on any atom is -0.328 e. The summed E-state index contributed by atoms with van der Waals surface area (Å²) in [5, 5.41) is 4.80. The van der Waals surface area contributed by atoms with Crippen molar-refractivity contribution in [2.75, 3.05) is 0 Å². The maximum atomic E-state index is 13.1. The molecule has 0 saturated heterocycles. The van der Waals surface area contributed by atoms with Crippen LogP contribution in [0.2, 0.25) is 0 Å². The summed E-state index contributed by atoms with van der Waals surface area (Å²) in [5.74, 6) is 0.540. The Morgan fingerprint density at radius 1 is 1.08 bits per heavy atom. The first kappa shape index (κ1) is 16.6. The monoisotopic (exact) mass is 352 g/mol. The van der Waals surface area contributed by atoms with Crippen LogP contribution in [0.25, 0.3) is 5.82 Å². The third-order valence-corrected chi connectivity index (χ3v) is 4.59. The molecule has 26 heavy (non-hydrogen) atoms. The molecule has 0 bridgehead atoms. The van der Waals surface area contributed by atoms with Crippen LogP contribution in [-0.2, 0) is 18.6 Å². The van der Waals surface area contributed by atoms with E-state index >= 15 is 0 Å². The summed E-state index contributed by atoms with van der Waals surface area (Å²) in [6, 6.07) is 9.62. The molecule has 1 aliphatic heterocycles. The molecule has 1 aromatic carbocycles. The van der Waals surface area contributed by atoms with Crippen LogP contribution in [0.1, 0.15) is 42.4 Å². The minimum absolute atomic E-state index is 0.108. The molecule has 6 heteroatoms. The second-order valence-electron chi connectivity index (χ2n) is 7.59. The molecule has 0 radical (unpaired) electrons. The van der Waals surface area contributed by atoms with Crippen LogP contribution in [0.3, 0.4) is 0 Å². The van der Waals surface area contributed by atoms with Gasteiger partial charge in [-0.1, -0.05) is 0 Å². The Labute approximate surface area is 151 Å². The topological polar surface area (TPSA) is 43.1 Å². The molecule has 0 spiro atoms. The Bertz CT molecular complexity index is 949. The lowest BCUT2D eigenvalue weighted by atomic mass is 10.1. The number of benzene rings is 1. The largest absolute Gasteiger partial charge is 0.328 e. The Morgan fingerprint density at radius 2 is 1.73 bits per heavy atom. The predicted molar refractivity (Wildman–Crippen MR) is 96.5 cm³/mol. The number of fused-ring (bicyclic) bond motifs is 1. The second-order valence-corrected chi connectivity index (χ2v) is 7.59. The standard InChI is InChI=1S/C20H21FN4O/c1-20(2,3)25-18(23-10-4-5-11-23)16-12-24(13-17(16)22-25)19(26)14-6-8-15(21)9-7-14/h4-11H,12-13H2,1-3H3. The summed E-state index contributed by atoms with van der Waals surface area (Å²) in [4.78, 5) is 14.5. The van der Waals surface area contributed by atoms with Crippen LogP contribution in [0, 0.1) is 5.82 Å². The summed E-state index contributed by atoms with van der Waals surface area (Å²) >= 11 is 0. The van der Waals surface area contributed by atoms with Gasteiger partial charge >= 0.3 is 0 Å². The van der Waals surface area contributed by atoms with E-state index < -0.39 is 0 Å². The number of carbonyl (C=O) groups excluding carboxylic acids is 1. The van der Waals surface area contributed by atoms with Gasteiger partial charge in [0.25, 0.3) is 5.91 Å². The molecule has 3 aromatic rings. The molecule has 0 N–H and O–H groups in total. The molecule has 2 aromatic heterocycles. The number of nitrogens with zero attached hydrogens (tertiary/aromatic N) is 4. The summed E-state index contributed by atoms with van der Waals surface area (Å²) in [5.41, 5.74) is 2.30. The number of carbonyl (C=O) groups is 1. The number of hydrogen-bond donors (Lipinski definition) is 0. The molecule has 0 unspecified atom stereocenters. The van der Waals surface area contributed by atoms with E-state index in [0.29, 0.717) is 18.7 Å². The zero-order chi connectivity index (χ0) is 18.5. The SMILES string of the molecule is CC(C)(C)n1nc2c(c1-n1cccc1)CN(C(=O)c1ccc(F)cc1)C2. The highest BCUT2D eigenvalue weighted by Gasteiger charge is 2.33. The predicted octanol–water partition coefficient (Wildman–Crippen LogP) is 3.72. The molecule has 1 amide bonds. The fourth-order valence-electron chi connectivity index (χ4n) is 3.33. The third kappa shape index (κ3) is 2.71. The highest BCUT2D eigenvalue weighted by molar-refractivity contribution is 5.94. The van der Waals surface area contributed by atoms with E-state index in [9.17, 15) is 9.18 Å². The van der Waals surface area contributed by atoms with Crippen LogP contribution in [0.5, 0.6) is 0 Å². The van der Waals surface area contributed by atoms with Crippen molar-refractivity contribution < 1.29 is 9.18 Å². The van der Waals surface area contributed by atoms with Crippen molar-refractivity contribution in [1.82, 2.24) is 19.2 Å². The van der Waals surface area contributed by atoms with Crippen LogP contribution in [0.4, 0.5) is 4.39 Å². The van der Waals surface area contributed by atoms with Crippen LogP contribution in [0.15, 0.2) is 48.8 Å². The molecule has 0 fully saturated rings. The number of aromatic nitrogens is 3. The summed E-state index contributed by atoms with van der Waals surface area (Å²) in [6.45, 7) is 7.30. The molecule has 1 aliphatic rings. The first-order chi connectivity index (χ1) is 12.3. The molecule has 5 nitrogen and oxygen atoms in total. The number of hydrogen-bond acceptors (Lipinski definition) is 2. The smallest absolute Gasteiger partial charge is 0.254 e. The maximum Gasteiger partial charge on any atom is 0.254 e. The van der Waals surface area contributed by atoms with Gasteiger partial charge in [-0.2, -0.15) is 5.10 Å². The maximum absolute atomic E-state index is 13.1. The average Bonchev–Trinajstić information content (AvgIpc) is 3.29. The van der Waals surface area contributed by atoms with Gasteiger partial charge < -0.3 is 9.47 Å². The molecule has 4 rings (SSSR count). The summed E-state index contributed by atoms with van der Waals surface area (Å²) in [7, 11) is 0. The third-order valence-electron chi connectivity index (χ3n) is 4.59. The van der Waals surface area contributed by atoms with Crippen LogP contribution < -0.4 is 0 Å². The van der Waals surface area contributed by atoms with Gasteiger partial charge in [0.2, 0.25) is 0 Å². The first-order valence-electron chi connectivity index (χ1n) is 8.64. The summed E-state index contributed by atoms with van der Waals surface area (Å²) < 4.78 is 17.2. The van der Waals surface area contributed by atoms with Crippen LogP contribution in [-0.4, -0.2) is 25.2 Å². The van der Waals surface area contributed by atoms with E-state index in [-0.39, 0.29) is 17.3 Å². The molecule has 0 saturated carbocycles. The van der Waals surface area contributed by atoms with Crippen molar-refractivity contribution in [1.29, 1.82) is 0 Å². The lowest BCUT2D eigenvalue weighted by Crippen LogP contribution is -2.29. The normalized spacial score (nSPS) is 13.9. The first-order valence-corrected chi connectivity index (χ1v) is 8.64. The quantitative estimate of drug-likeness (QED) is 0.705. The van der Waals surface area contributed by atoms with Gasteiger partial charge in [0.05, 0.1) is 24.3 Å². The Balaban J connectivity index is 1.70. The molecule has 134 valence electrons. The highest BCUT2D eigenvalue weighted by Crippen LogP contribution is 2.32. The van der Waals surface area contributed by atoms with E-state index in [1.165, 1.54) is 24.3 Å². The number of halogens is 1. The minimum atomic E-state index is -0.345. The second kappa shape index (κ2) is 5.83. The van der Waals surface area contributed by atoms with Crippen molar-refractivity contribution in [2.45, 2.75) is 39.4 Å². The molecule has 0 atom stereocenters. The average molecular weight is 352 g/mol. The Hall–Kier alpha value is -2.89. The molecule has 3 heterocycles. The fourth-order valence-corrected chi connectivity index (χ4v) is 3.33. The Morgan fingerprint density at radius 3 is 2.35 bits per heavy atom. The zero-order valence-corrected chi connectivity index (χ0v) is 15.1. The van der Waals surface area contributed by atoms with Gasteiger partial charge in [-0.25, -0.2) is 9.07 Å². The zero-order valence-electron chi connectivity index (χ0n) is 15.1. The molecular formula is C20H21FN4O. The van der Waals surface area contributed by atoms with Crippen molar-refractivity contribution >= 4 is 5.91 Å². The lowest BCUT2D eigenvalue weighted by Gasteiger charge is -2.24. The van der Waals surface area contributed by atoms with Crippen molar-refractivity contribution in [3.63, 3.8) is 0 Å². The fraction of sp³-hybridized carbons (Fsp3) is 0.300. The van der Waals surface area contributed by atoms with Crippen molar-refractivity contribution in [2.24, 2.45) is 0 Å².